The summed E-state index contributed by atoms with van der Waals surface area (Å²) in [5.74, 6) is 1.52. The van der Waals surface area contributed by atoms with Crippen molar-refractivity contribution in [2.45, 2.75) is 24.9 Å². The van der Waals surface area contributed by atoms with Gasteiger partial charge in [0.2, 0.25) is 0 Å². The minimum absolute atomic E-state index is 0.312. The van der Waals surface area contributed by atoms with Crippen molar-refractivity contribution in [3.8, 4) is 16.7 Å². The van der Waals surface area contributed by atoms with Crippen LogP contribution < -0.4 is 15.2 Å². The molecule has 2 saturated heterocycles. The summed E-state index contributed by atoms with van der Waals surface area (Å²) in [5, 5.41) is 0.595. The second-order valence-electron chi connectivity index (χ2n) is 7.61. The molecule has 2 aromatic heterocycles. The van der Waals surface area contributed by atoms with Gasteiger partial charge in [0.25, 0.3) is 5.19 Å². The van der Waals surface area contributed by atoms with Crippen molar-refractivity contribution in [3.05, 3.63) is 42.7 Å². The van der Waals surface area contributed by atoms with E-state index >= 15 is 0 Å². The standard InChI is InChI=1S/C21H23N5O3S/c22-20(27)25-12-14-1-2-15(13-25)26(14)9-10-28-16-3-5-17(6-4-16)29-21-24-18-11-23-8-7-19(18)30-21/h3-8,11,14-15H,1-2,9-10,12-13H2,(H2,22,27). The van der Waals surface area contributed by atoms with Crippen LogP contribution in [0.15, 0.2) is 42.7 Å². The Kier molecular flexibility index (Phi) is 5.14. The first kappa shape index (κ1) is 19.1. The molecule has 0 radical (unpaired) electrons. The van der Waals surface area contributed by atoms with Crippen LogP contribution >= 0.6 is 11.3 Å². The van der Waals surface area contributed by atoms with E-state index in [1.54, 1.807) is 17.3 Å². The van der Waals surface area contributed by atoms with Gasteiger partial charge in [-0.05, 0) is 43.2 Å². The summed E-state index contributed by atoms with van der Waals surface area (Å²) < 4.78 is 12.8. The monoisotopic (exact) mass is 425 g/mol. The summed E-state index contributed by atoms with van der Waals surface area (Å²) in [6.45, 7) is 2.90. The zero-order valence-corrected chi connectivity index (χ0v) is 17.3. The van der Waals surface area contributed by atoms with Crippen LogP contribution in [0.2, 0.25) is 0 Å². The summed E-state index contributed by atoms with van der Waals surface area (Å²) in [4.78, 5) is 24.2. The SMILES string of the molecule is NC(=O)N1CC2CCC(C1)N2CCOc1ccc(Oc2nc3cnccc3s2)cc1. The number of rotatable bonds is 6. The molecular weight excluding hydrogens is 402 g/mol. The number of carbonyl (C=O) groups excluding carboxylic acids is 1. The molecule has 4 heterocycles. The predicted octanol–water partition coefficient (Wildman–Crippen LogP) is 3.09. The molecule has 2 amide bonds. The molecule has 0 aliphatic carbocycles. The number of aromatic nitrogens is 2. The van der Waals surface area contributed by atoms with Gasteiger partial charge in [-0.25, -0.2) is 9.78 Å². The minimum Gasteiger partial charge on any atom is -0.492 e. The van der Waals surface area contributed by atoms with Crippen LogP contribution in [0.5, 0.6) is 16.7 Å². The number of fused-ring (bicyclic) bond motifs is 3. The van der Waals surface area contributed by atoms with E-state index in [4.69, 9.17) is 15.2 Å². The summed E-state index contributed by atoms with van der Waals surface area (Å²) in [5.41, 5.74) is 6.29. The highest BCUT2D eigenvalue weighted by Crippen LogP contribution is 2.32. The second-order valence-corrected chi connectivity index (χ2v) is 8.60. The molecule has 0 spiro atoms. The third kappa shape index (κ3) is 3.90. The molecule has 30 heavy (non-hydrogen) atoms. The van der Waals surface area contributed by atoms with Crippen LogP contribution in [0.3, 0.4) is 0 Å². The Labute approximate surface area is 178 Å². The van der Waals surface area contributed by atoms with Crippen LogP contribution in [0, 0.1) is 0 Å². The van der Waals surface area contributed by atoms with Crippen molar-refractivity contribution in [1.82, 2.24) is 19.8 Å². The molecule has 2 bridgehead atoms. The fourth-order valence-electron chi connectivity index (χ4n) is 4.31. The van der Waals surface area contributed by atoms with Gasteiger partial charge in [0.15, 0.2) is 0 Å². The lowest BCUT2D eigenvalue weighted by Gasteiger charge is -2.40. The van der Waals surface area contributed by atoms with Crippen molar-refractivity contribution in [1.29, 1.82) is 0 Å². The van der Waals surface area contributed by atoms with Gasteiger partial charge in [0, 0.05) is 37.9 Å². The Morgan fingerprint density at radius 2 is 1.87 bits per heavy atom. The van der Waals surface area contributed by atoms with E-state index in [9.17, 15) is 4.79 Å². The van der Waals surface area contributed by atoms with Gasteiger partial charge in [0.05, 0.1) is 10.9 Å². The molecule has 2 unspecified atom stereocenters. The zero-order valence-electron chi connectivity index (χ0n) is 16.4. The van der Waals surface area contributed by atoms with Crippen LogP contribution in [0.25, 0.3) is 10.2 Å². The van der Waals surface area contributed by atoms with E-state index in [-0.39, 0.29) is 6.03 Å². The largest absolute Gasteiger partial charge is 0.492 e. The summed E-state index contributed by atoms with van der Waals surface area (Å²) in [6, 6.07) is 9.97. The normalized spacial score (nSPS) is 21.1. The number of hydrogen-bond acceptors (Lipinski definition) is 7. The zero-order chi connectivity index (χ0) is 20.5. The number of hydrogen-bond donors (Lipinski definition) is 1. The first-order chi connectivity index (χ1) is 14.7. The molecule has 2 aliphatic heterocycles. The Morgan fingerprint density at radius 1 is 1.13 bits per heavy atom. The molecule has 2 fully saturated rings. The molecular formula is C21H23N5O3S. The molecule has 3 aromatic rings. The molecule has 5 rings (SSSR count). The quantitative estimate of drug-likeness (QED) is 0.652. The first-order valence-electron chi connectivity index (χ1n) is 10.1. The summed E-state index contributed by atoms with van der Waals surface area (Å²) in [6.07, 6.45) is 5.71. The van der Waals surface area contributed by atoms with Crippen molar-refractivity contribution in [3.63, 3.8) is 0 Å². The van der Waals surface area contributed by atoms with Gasteiger partial charge >= 0.3 is 6.03 Å². The van der Waals surface area contributed by atoms with Gasteiger partial charge in [0.1, 0.15) is 23.6 Å². The van der Waals surface area contributed by atoms with Crippen LogP contribution in [-0.2, 0) is 0 Å². The van der Waals surface area contributed by atoms with Crippen LogP contribution in [-0.4, -0.2) is 64.1 Å². The van der Waals surface area contributed by atoms with Crippen molar-refractivity contribution in [2.24, 2.45) is 5.73 Å². The van der Waals surface area contributed by atoms with Crippen molar-refractivity contribution in [2.75, 3.05) is 26.2 Å². The first-order valence-corrected chi connectivity index (χ1v) is 10.9. The maximum absolute atomic E-state index is 11.5. The number of nitrogens with zero attached hydrogens (tertiary/aromatic N) is 4. The van der Waals surface area contributed by atoms with E-state index in [1.807, 2.05) is 30.3 Å². The van der Waals surface area contributed by atoms with E-state index in [0.717, 1.165) is 54.2 Å². The van der Waals surface area contributed by atoms with Gasteiger partial charge in [-0.3, -0.25) is 9.88 Å². The maximum Gasteiger partial charge on any atom is 0.314 e. The summed E-state index contributed by atoms with van der Waals surface area (Å²) >= 11 is 1.49. The van der Waals surface area contributed by atoms with Crippen LogP contribution in [0.1, 0.15) is 12.8 Å². The number of benzene rings is 1. The van der Waals surface area contributed by atoms with Crippen molar-refractivity contribution >= 4 is 27.6 Å². The average molecular weight is 426 g/mol. The smallest absolute Gasteiger partial charge is 0.314 e. The number of likely N-dealkylation sites (tertiary alicyclic amines) is 1. The number of ether oxygens (including phenoxy) is 2. The number of thiazole rings is 1. The molecule has 8 nitrogen and oxygen atoms in total. The fraction of sp³-hybridized carbons (Fsp3) is 0.381. The second kappa shape index (κ2) is 8.08. The third-order valence-corrected chi connectivity index (χ3v) is 6.68. The van der Waals surface area contributed by atoms with E-state index in [0.29, 0.717) is 23.9 Å². The van der Waals surface area contributed by atoms with Gasteiger partial charge < -0.3 is 20.1 Å². The lowest BCUT2D eigenvalue weighted by Crippen LogP contribution is -2.57. The van der Waals surface area contributed by atoms with Crippen LogP contribution in [0.4, 0.5) is 4.79 Å². The average Bonchev–Trinajstić information content (AvgIpc) is 3.25. The Balaban J connectivity index is 1.13. The maximum atomic E-state index is 11.5. The molecule has 1 aromatic carbocycles. The number of nitrogens with two attached hydrogens (primary N) is 1. The Morgan fingerprint density at radius 3 is 2.57 bits per heavy atom. The van der Waals surface area contributed by atoms with E-state index in [2.05, 4.69) is 14.9 Å². The molecule has 156 valence electrons. The number of urea groups is 1. The highest BCUT2D eigenvalue weighted by molar-refractivity contribution is 7.20. The summed E-state index contributed by atoms with van der Waals surface area (Å²) in [7, 11) is 0. The molecule has 0 saturated carbocycles. The van der Waals surface area contributed by atoms with E-state index in [1.165, 1.54) is 11.3 Å². The highest BCUT2D eigenvalue weighted by Gasteiger charge is 2.40. The lowest BCUT2D eigenvalue weighted by molar-refractivity contribution is 0.0735. The topological polar surface area (TPSA) is 93.8 Å². The Bertz CT molecular complexity index is 994. The molecule has 2 atom stereocenters. The van der Waals surface area contributed by atoms with Gasteiger partial charge in [-0.1, -0.05) is 11.3 Å². The molecule has 2 N–H and O–H groups in total. The molecule has 9 heteroatoms. The number of primary amides is 1. The third-order valence-electron chi connectivity index (χ3n) is 5.76. The van der Waals surface area contributed by atoms with Crippen molar-refractivity contribution < 1.29 is 14.3 Å². The molecule has 2 aliphatic rings. The van der Waals surface area contributed by atoms with Gasteiger partial charge in [-0.2, -0.15) is 0 Å². The number of carbonyl (C=O) groups is 1. The number of pyridine rings is 1. The number of piperazine rings is 1. The number of amides is 2. The highest BCUT2D eigenvalue weighted by atomic mass is 32.1. The predicted molar refractivity (Wildman–Crippen MR) is 114 cm³/mol. The Hall–Kier alpha value is -2.91. The lowest BCUT2D eigenvalue weighted by atomic mass is 10.2. The van der Waals surface area contributed by atoms with Gasteiger partial charge in [-0.15, -0.1) is 0 Å². The van der Waals surface area contributed by atoms with E-state index < -0.39 is 0 Å². The fourth-order valence-corrected chi connectivity index (χ4v) is 5.11. The minimum atomic E-state index is -0.312.